The Labute approximate surface area is 84.7 Å². The van der Waals surface area contributed by atoms with E-state index in [1.54, 1.807) is 7.11 Å². The first kappa shape index (κ1) is 11.5. The lowest BCUT2D eigenvalue weighted by molar-refractivity contribution is -0.154. The van der Waals surface area contributed by atoms with Crippen molar-refractivity contribution in [1.29, 1.82) is 0 Å². The third-order valence-corrected chi connectivity index (χ3v) is 3.07. The zero-order chi connectivity index (χ0) is 10.6. The van der Waals surface area contributed by atoms with Crippen LogP contribution in [0.3, 0.4) is 0 Å². The first-order chi connectivity index (χ1) is 6.71. The van der Waals surface area contributed by atoms with E-state index in [1.807, 2.05) is 0 Å². The van der Waals surface area contributed by atoms with Gasteiger partial charge in [-0.05, 0) is 25.2 Å². The Balaban J connectivity index is 2.69. The normalized spacial score (nSPS) is 20.2. The third kappa shape index (κ3) is 2.07. The van der Waals surface area contributed by atoms with Crippen molar-refractivity contribution in [3.05, 3.63) is 0 Å². The Morgan fingerprint density at radius 2 is 2.14 bits per heavy atom. The summed E-state index contributed by atoms with van der Waals surface area (Å²) in [4.78, 5) is 11.7. The first-order valence-electron chi connectivity index (χ1n) is 4.98. The van der Waals surface area contributed by atoms with Gasteiger partial charge in [-0.3, -0.25) is 4.79 Å². The lowest BCUT2D eigenvalue weighted by Gasteiger charge is -2.29. The lowest BCUT2D eigenvalue weighted by Crippen LogP contribution is -2.42. The molecule has 0 bridgehead atoms. The highest BCUT2D eigenvalue weighted by Gasteiger charge is 2.50. The zero-order valence-electron chi connectivity index (χ0n) is 8.91. The second-order valence-electron chi connectivity index (χ2n) is 3.87. The molecule has 1 unspecified atom stereocenters. The number of carbonyl (C=O) groups is 1. The molecule has 0 saturated heterocycles. The molecule has 2 N–H and O–H groups in total. The van der Waals surface area contributed by atoms with Crippen molar-refractivity contribution in [3.8, 4) is 0 Å². The zero-order valence-corrected chi connectivity index (χ0v) is 8.91. The Morgan fingerprint density at radius 1 is 1.50 bits per heavy atom. The predicted octanol–water partition coefficient (Wildman–Crippen LogP) is 0.551. The molecule has 4 nitrogen and oxygen atoms in total. The molecule has 0 heterocycles. The molecule has 0 aliphatic heterocycles. The van der Waals surface area contributed by atoms with E-state index in [0.717, 1.165) is 12.8 Å². The monoisotopic (exact) mass is 201 g/mol. The van der Waals surface area contributed by atoms with Gasteiger partial charge in [0.2, 0.25) is 0 Å². The minimum absolute atomic E-state index is 0.181. The van der Waals surface area contributed by atoms with Gasteiger partial charge in [0, 0.05) is 20.3 Å². The molecule has 4 heteroatoms. The summed E-state index contributed by atoms with van der Waals surface area (Å²) in [6.45, 7) is 0.913. The Hall–Kier alpha value is -0.610. The highest BCUT2D eigenvalue weighted by Crippen LogP contribution is 2.48. The van der Waals surface area contributed by atoms with Gasteiger partial charge >= 0.3 is 5.97 Å². The average molecular weight is 201 g/mol. The number of hydrogen-bond acceptors (Lipinski definition) is 4. The third-order valence-electron chi connectivity index (χ3n) is 3.07. The summed E-state index contributed by atoms with van der Waals surface area (Å²) >= 11 is 0. The van der Waals surface area contributed by atoms with Crippen molar-refractivity contribution in [3.63, 3.8) is 0 Å². The summed E-state index contributed by atoms with van der Waals surface area (Å²) in [5.41, 5.74) is 5.21. The molecule has 14 heavy (non-hydrogen) atoms. The van der Waals surface area contributed by atoms with Gasteiger partial charge < -0.3 is 15.2 Å². The van der Waals surface area contributed by atoms with Crippen molar-refractivity contribution in [2.24, 2.45) is 17.1 Å². The first-order valence-corrected chi connectivity index (χ1v) is 4.98. The highest BCUT2D eigenvalue weighted by atomic mass is 16.5. The molecule has 1 saturated carbocycles. The van der Waals surface area contributed by atoms with Crippen molar-refractivity contribution in [2.75, 3.05) is 27.4 Å². The number of nitrogens with two attached hydrogens (primary N) is 1. The van der Waals surface area contributed by atoms with Crippen LogP contribution in [0.1, 0.15) is 19.3 Å². The van der Waals surface area contributed by atoms with E-state index in [-0.39, 0.29) is 5.97 Å². The van der Waals surface area contributed by atoms with Crippen LogP contribution < -0.4 is 5.73 Å². The molecule has 1 atom stereocenters. The Morgan fingerprint density at radius 3 is 2.50 bits per heavy atom. The standard InChI is InChI=1S/C10H19NO3/c1-13-6-5-10(7-11,8-3-4-8)9(12)14-2/h8H,3-7,11H2,1-2H3. The fourth-order valence-corrected chi connectivity index (χ4v) is 1.95. The van der Waals surface area contributed by atoms with Crippen molar-refractivity contribution >= 4 is 5.97 Å². The quantitative estimate of drug-likeness (QED) is 0.637. The molecule has 0 aromatic carbocycles. The molecule has 0 amide bonds. The van der Waals surface area contributed by atoms with E-state index in [0.29, 0.717) is 25.5 Å². The summed E-state index contributed by atoms with van der Waals surface area (Å²) in [6.07, 6.45) is 2.82. The molecule has 1 aliphatic rings. The van der Waals surface area contributed by atoms with Crippen LogP contribution in [0.25, 0.3) is 0 Å². The van der Waals surface area contributed by atoms with E-state index < -0.39 is 5.41 Å². The average Bonchev–Trinajstić information content (AvgIpc) is 3.03. The molecule has 0 radical (unpaired) electrons. The molecule has 0 aromatic rings. The van der Waals surface area contributed by atoms with Crippen LogP contribution in [0.15, 0.2) is 0 Å². The molecule has 0 aromatic heterocycles. The summed E-state index contributed by atoms with van der Waals surface area (Å²) in [5.74, 6) is 0.217. The van der Waals surface area contributed by atoms with Crippen LogP contribution >= 0.6 is 0 Å². The van der Waals surface area contributed by atoms with E-state index in [1.165, 1.54) is 7.11 Å². The maximum atomic E-state index is 11.7. The van der Waals surface area contributed by atoms with Crippen molar-refractivity contribution in [1.82, 2.24) is 0 Å². The molecule has 0 spiro atoms. The number of esters is 1. The van der Waals surface area contributed by atoms with Gasteiger partial charge in [-0.15, -0.1) is 0 Å². The van der Waals surface area contributed by atoms with E-state index in [2.05, 4.69) is 0 Å². The molecular weight excluding hydrogens is 182 g/mol. The minimum atomic E-state index is -0.495. The van der Waals surface area contributed by atoms with Crippen LogP contribution in [0, 0.1) is 11.3 Å². The fraction of sp³-hybridized carbons (Fsp3) is 0.900. The SMILES string of the molecule is COCCC(CN)(C(=O)OC)C1CC1. The Bertz CT molecular complexity index is 204. The molecular formula is C10H19NO3. The fourth-order valence-electron chi connectivity index (χ4n) is 1.95. The summed E-state index contributed by atoms with van der Waals surface area (Å²) in [6, 6.07) is 0. The van der Waals surface area contributed by atoms with Gasteiger partial charge in [0.25, 0.3) is 0 Å². The molecule has 82 valence electrons. The molecule has 1 rings (SSSR count). The Kier molecular flexibility index (Phi) is 3.89. The number of ether oxygens (including phenoxy) is 2. The van der Waals surface area contributed by atoms with Crippen LogP contribution in [0.4, 0.5) is 0 Å². The maximum absolute atomic E-state index is 11.7. The van der Waals surface area contributed by atoms with E-state index in [9.17, 15) is 4.79 Å². The van der Waals surface area contributed by atoms with Crippen LogP contribution in [0.2, 0.25) is 0 Å². The minimum Gasteiger partial charge on any atom is -0.469 e. The van der Waals surface area contributed by atoms with E-state index >= 15 is 0 Å². The van der Waals surface area contributed by atoms with Gasteiger partial charge in [0.05, 0.1) is 12.5 Å². The van der Waals surface area contributed by atoms with Gasteiger partial charge in [-0.25, -0.2) is 0 Å². The second-order valence-corrected chi connectivity index (χ2v) is 3.87. The summed E-state index contributed by atoms with van der Waals surface area (Å²) < 4.78 is 9.84. The van der Waals surface area contributed by atoms with Crippen LogP contribution in [-0.2, 0) is 14.3 Å². The van der Waals surface area contributed by atoms with Crippen molar-refractivity contribution < 1.29 is 14.3 Å². The summed E-state index contributed by atoms with van der Waals surface area (Å²) in [5, 5.41) is 0. The van der Waals surface area contributed by atoms with Gasteiger partial charge in [0.1, 0.15) is 0 Å². The van der Waals surface area contributed by atoms with Crippen LogP contribution in [0.5, 0.6) is 0 Å². The largest absolute Gasteiger partial charge is 0.469 e. The van der Waals surface area contributed by atoms with Crippen LogP contribution in [-0.4, -0.2) is 33.3 Å². The lowest BCUT2D eigenvalue weighted by atomic mass is 9.79. The van der Waals surface area contributed by atoms with Gasteiger partial charge in [-0.1, -0.05) is 0 Å². The topological polar surface area (TPSA) is 61.5 Å². The van der Waals surface area contributed by atoms with Crippen molar-refractivity contribution in [2.45, 2.75) is 19.3 Å². The number of methoxy groups -OCH3 is 2. The number of hydrogen-bond donors (Lipinski definition) is 1. The predicted molar refractivity (Wildman–Crippen MR) is 52.7 cm³/mol. The molecule has 1 fully saturated rings. The molecule has 1 aliphatic carbocycles. The number of rotatable bonds is 6. The number of carbonyl (C=O) groups excluding carboxylic acids is 1. The maximum Gasteiger partial charge on any atom is 0.313 e. The summed E-state index contributed by atoms with van der Waals surface area (Å²) in [7, 11) is 3.05. The smallest absolute Gasteiger partial charge is 0.313 e. The van der Waals surface area contributed by atoms with Gasteiger partial charge in [-0.2, -0.15) is 0 Å². The van der Waals surface area contributed by atoms with Gasteiger partial charge in [0.15, 0.2) is 0 Å². The second kappa shape index (κ2) is 4.75. The highest BCUT2D eigenvalue weighted by molar-refractivity contribution is 5.78. The van der Waals surface area contributed by atoms with E-state index in [4.69, 9.17) is 15.2 Å².